The van der Waals surface area contributed by atoms with E-state index < -0.39 is 0 Å². The molecule has 2 amide bonds. The van der Waals surface area contributed by atoms with E-state index in [2.05, 4.69) is 10.2 Å². The Labute approximate surface area is 164 Å². The van der Waals surface area contributed by atoms with Crippen molar-refractivity contribution in [1.29, 1.82) is 0 Å². The molecule has 6 nitrogen and oxygen atoms in total. The zero-order valence-electron chi connectivity index (χ0n) is 15.5. The van der Waals surface area contributed by atoms with Crippen molar-refractivity contribution in [2.45, 2.75) is 33.1 Å². The molecule has 2 fully saturated rings. The van der Waals surface area contributed by atoms with Crippen molar-refractivity contribution in [3.8, 4) is 0 Å². The third kappa shape index (κ3) is 7.69. The van der Waals surface area contributed by atoms with Crippen LogP contribution in [0.4, 0.5) is 0 Å². The molecular weight excluding hydrogens is 363 g/mol. The van der Waals surface area contributed by atoms with Gasteiger partial charge in [-0.15, -0.1) is 24.8 Å². The van der Waals surface area contributed by atoms with Crippen molar-refractivity contribution in [2.24, 2.45) is 5.92 Å². The van der Waals surface area contributed by atoms with Crippen LogP contribution in [0.3, 0.4) is 0 Å². The lowest BCUT2D eigenvalue weighted by Crippen LogP contribution is -2.51. The maximum absolute atomic E-state index is 12.3. The molecule has 0 radical (unpaired) electrons. The number of nitrogens with zero attached hydrogens (tertiary/aromatic N) is 3. The molecule has 0 bridgehead atoms. The number of halogens is 2. The van der Waals surface area contributed by atoms with E-state index in [0.717, 1.165) is 58.8 Å². The summed E-state index contributed by atoms with van der Waals surface area (Å²) in [6.45, 7) is 11.3. The lowest BCUT2D eigenvalue weighted by molar-refractivity contribution is -0.135. The second kappa shape index (κ2) is 12.7. The summed E-state index contributed by atoms with van der Waals surface area (Å²) in [6, 6.07) is 0. The fourth-order valence-corrected chi connectivity index (χ4v) is 3.47. The molecule has 0 aromatic carbocycles. The second-order valence-electron chi connectivity index (χ2n) is 6.62. The van der Waals surface area contributed by atoms with Crippen LogP contribution in [0.15, 0.2) is 0 Å². The molecule has 0 spiro atoms. The molecule has 0 saturated carbocycles. The molecule has 0 aromatic rings. The van der Waals surface area contributed by atoms with E-state index in [1.54, 1.807) is 0 Å². The number of nitrogens with one attached hydrogen (secondary N) is 1. The highest BCUT2D eigenvalue weighted by Crippen LogP contribution is 2.15. The van der Waals surface area contributed by atoms with Crippen LogP contribution in [0.2, 0.25) is 0 Å². The third-order valence-electron chi connectivity index (χ3n) is 5.13. The summed E-state index contributed by atoms with van der Waals surface area (Å²) in [7, 11) is 0. The number of piperazine rings is 1. The molecule has 2 rings (SSSR count). The molecule has 25 heavy (non-hydrogen) atoms. The van der Waals surface area contributed by atoms with Gasteiger partial charge in [-0.25, -0.2) is 0 Å². The number of amides is 2. The largest absolute Gasteiger partial charge is 0.342 e. The van der Waals surface area contributed by atoms with Gasteiger partial charge >= 0.3 is 0 Å². The Kier molecular flexibility index (Phi) is 12.5. The highest BCUT2D eigenvalue weighted by atomic mass is 35.5. The van der Waals surface area contributed by atoms with Gasteiger partial charge in [0, 0.05) is 45.7 Å². The van der Waals surface area contributed by atoms with Crippen LogP contribution in [0.5, 0.6) is 0 Å². The Balaban J connectivity index is 0.00000288. The van der Waals surface area contributed by atoms with Gasteiger partial charge in [-0.2, -0.15) is 0 Å². The summed E-state index contributed by atoms with van der Waals surface area (Å²) < 4.78 is 0. The number of hydrogen-bond donors (Lipinski definition) is 1. The van der Waals surface area contributed by atoms with Crippen molar-refractivity contribution in [2.75, 3.05) is 58.9 Å². The molecule has 1 atom stereocenters. The van der Waals surface area contributed by atoms with Crippen molar-refractivity contribution in [3.63, 3.8) is 0 Å². The summed E-state index contributed by atoms with van der Waals surface area (Å²) in [5, 5.41) is 3.35. The van der Waals surface area contributed by atoms with Gasteiger partial charge in [0.1, 0.15) is 0 Å². The molecular formula is C17H34Cl2N4O2. The Bertz CT molecular complexity index is 394. The van der Waals surface area contributed by atoms with Crippen LogP contribution in [0.25, 0.3) is 0 Å². The molecule has 0 aromatic heterocycles. The minimum absolute atomic E-state index is 0. The predicted molar refractivity (Wildman–Crippen MR) is 106 cm³/mol. The molecule has 2 saturated heterocycles. The summed E-state index contributed by atoms with van der Waals surface area (Å²) >= 11 is 0. The van der Waals surface area contributed by atoms with E-state index in [-0.39, 0.29) is 36.6 Å². The van der Waals surface area contributed by atoms with Crippen LogP contribution >= 0.6 is 24.8 Å². The molecule has 2 heterocycles. The monoisotopic (exact) mass is 396 g/mol. The minimum Gasteiger partial charge on any atom is -0.342 e. The smallest absolute Gasteiger partial charge is 0.236 e. The lowest BCUT2D eigenvalue weighted by Gasteiger charge is -2.35. The fourth-order valence-electron chi connectivity index (χ4n) is 3.47. The lowest BCUT2D eigenvalue weighted by atomic mass is 10.0. The fraction of sp³-hybridized carbons (Fsp3) is 0.882. The molecule has 1 N–H and O–H groups in total. The maximum Gasteiger partial charge on any atom is 0.236 e. The van der Waals surface area contributed by atoms with E-state index in [0.29, 0.717) is 18.9 Å². The molecule has 2 aliphatic heterocycles. The highest BCUT2D eigenvalue weighted by molar-refractivity contribution is 5.85. The van der Waals surface area contributed by atoms with E-state index in [4.69, 9.17) is 0 Å². The van der Waals surface area contributed by atoms with Gasteiger partial charge in [-0.05, 0) is 45.7 Å². The Morgan fingerprint density at radius 2 is 1.72 bits per heavy atom. The van der Waals surface area contributed by atoms with Crippen LogP contribution in [0, 0.1) is 5.92 Å². The highest BCUT2D eigenvalue weighted by Gasteiger charge is 2.24. The quantitative estimate of drug-likeness (QED) is 0.702. The number of carbonyl (C=O) groups is 2. The molecule has 8 heteroatoms. The van der Waals surface area contributed by atoms with Crippen molar-refractivity contribution < 1.29 is 9.59 Å². The topological polar surface area (TPSA) is 55.9 Å². The van der Waals surface area contributed by atoms with Crippen LogP contribution in [-0.2, 0) is 9.59 Å². The molecule has 148 valence electrons. The second-order valence-corrected chi connectivity index (χ2v) is 6.62. The van der Waals surface area contributed by atoms with E-state index in [1.165, 1.54) is 6.42 Å². The number of hydrogen-bond acceptors (Lipinski definition) is 4. The summed E-state index contributed by atoms with van der Waals surface area (Å²) in [5.74, 6) is 1.15. The summed E-state index contributed by atoms with van der Waals surface area (Å²) in [5.41, 5.74) is 0. The summed E-state index contributed by atoms with van der Waals surface area (Å²) in [6.07, 6.45) is 2.88. The first-order valence-electron chi connectivity index (χ1n) is 9.12. The Morgan fingerprint density at radius 1 is 1.08 bits per heavy atom. The summed E-state index contributed by atoms with van der Waals surface area (Å²) in [4.78, 5) is 30.4. The van der Waals surface area contributed by atoms with Crippen LogP contribution < -0.4 is 5.32 Å². The van der Waals surface area contributed by atoms with Crippen molar-refractivity contribution in [3.05, 3.63) is 0 Å². The van der Waals surface area contributed by atoms with Gasteiger partial charge in [-0.1, -0.05) is 0 Å². The molecule has 2 aliphatic rings. The van der Waals surface area contributed by atoms with Crippen molar-refractivity contribution in [1.82, 2.24) is 20.0 Å². The number of rotatable bonds is 7. The van der Waals surface area contributed by atoms with E-state index >= 15 is 0 Å². The molecule has 1 unspecified atom stereocenters. The van der Waals surface area contributed by atoms with E-state index in [1.807, 2.05) is 23.6 Å². The standard InChI is InChI=1S/C17H32N4O2.2ClH/c1-3-20(4-2)17(23)14-19-9-11-21(12-10-19)16(22)6-5-15-7-8-18-13-15;;/h15,18H,3-14H2,1-2H3;2*1H. The first-order valence-corrected chi connectivity index (χ1v) is 9.12. The minimum atomic E-state index is 0. The van der Waals surface area contributed by atoms with Gasteiger partial charge < -0.3 is 15.1 Å². The first-order chi connectivity index (χ1) is 11.1. The van der Waals surface area contributed by atoms with Gasteiger partial charge in [-0.3, -0.25) is 14.5 Å². The SMILES string of the molecule is CCN(CC)C(=O)CN1CCN(C(=O)CCC2CCNC2)CC1.Cl.Cl. The van der Waals surface area contributed by atoms with Crippen LogP contribution in [-0.4, -0.2) is 85.4 Å². The van der Waals surface area contributed by atoms with Gasteiger partial charge in [0.15, 0.2) is 0 Å². The zero-order valence-corrected chi connectivity index (χ0v) is 17.2. The van der Waals surface area contributed by atoms with Crippen molar-refractivity contribution >= 4 is 36.6 Å². The zero-order chi connectivity index (χ0) is 16.7. The van der Waals surface area contributed by atoms with Crippen LogP contribution in [0.1, 0.15) is 33.1 Å². The normalized spacial score (nSPS) is 20.6. The average molecular weight is 397 g/mol. The Morgan fingerprint density at radius 3 is 2.24 bits per heavy atom. The van der Waals surface area contributed by atoms with Gasteiger partial charge in [0.25, 0.3) is 0 Å². The van der Waals surface area contributed by atoms with Gasteiger partial charge in [0.2, 0.25) is 11.8 Å². The van der Waals surface area contributed by atoms with Gasteiger partial charge in [0.05, 0.1) is 6.54 Å². The third-order valence-corrected chi connectivity index (χ3v) is 5.13. The Hall–Kier alpha value is -0.560. The predicted octanol–water partition coefficient (Wildman–Crippen LogP) is 1.23. The molecule has 0 aliphatic carbocycles. The number of likely N-dealkylation sites (N-methyl/N-ethyl adjacent to an activating group) is 1. The number of carbonyl (C=O) groups excluding carboxylic acids is 2. The maximum atomic E-state index is 12.3. The van der Waals surface area contributed by atoms with E-state index in [9.17, 15) is 9.59 Å². The average Bonchev–Trinajstić information content (AvgIpc) is 3.08. The first kappa shape index (κ1) is 24.4.